The van der Waals surface area contributed by atoms with Crippen LogP contribution in [0.1, 0.15) is 11.1 Å². The molecule has 2 aromatic carbocycles. The summed E-state index contributed by atoms with van der Waals surface area (Å²) in [6, 6.07) is 16.9. The van der Waals surface area contributed by atoms with Crippen LogP contribution < -0.4 is 11.0 Å². The average Bonchev–Trinajstić information content (AvgIpc) is 2.80. The zero-order valence-corrected chi connectivity index (χ0v) is 19.0. The van der Waals surface area contributed by atoms with E-state index in [0.29, 0.717) is 0 Å². The lowest BCUT2D eigenvalue weighted by atomic mass is 10.1. The second-order valence-electron chi connectivity index (χ2n) is 6.72. The summed E-state index contributed by atoms with van der Waals surface area (Å²) >= 11 is 0. The molecular weight excluding hydrogens is 472 g/mol. The molecule has 0 aliphatic heterocycles. The largest absolute Gasteiger partial charge is 0.480 e. The Morgan fingerprint density at radius 1 is 0.818 bits per heavy atom. The third-order valence-electron chi connectivity index (χ3n) is 4.26. The number of hydroxylamine groups is 2. The molecule has 10 nitrogen and oxygen atoms in total. The van der Waals surface area contributed by atoms with Crippen molar-refractivity contribution in [3.8, 4) is 0 Å². The van der Waals surface area contributed by atoms with Crippen LogP contribution >= 0.6 is 21.6 Å². The number of carboxylic acid groups (broad SMARTS) is 3. The van der Waals surface area contributed by atoms with Crippen molar-refractivity contribution in [3.05, 3.63) is 71.8 Å². The van der Waals surface area contributed by atoms with E-state index in [1.807, 2.05) is 30.3 Å². The Bertz CT molecular complexity index is 888. The highest BCUT2D eigenvalue weighted by Crippen LogP contribution is 2.27. The molecule has 0 saturated carbocycles. The van der Waals surface area contributed by atoms with Crippen molar-refractivity contribution in [1.29, 1.82) is 0 Å². The van der Waals surface area contributed by atoms with Crippen LogP contribution in [-0.4, -0.2) is 56.3 Å². The first-order valence-corrected chi connectivity index (χ1v) is 12.1. The van der Waals surface area contributed by atoms with Crippen LogP contribution in [0.4, 0.5) is 0 Å². The van der Waals surface area contributed by atoms with Crippen LogP contribution in [0, 0.1) is 0 Å². The highest BCUT2D eigenvalue weighted by Gasteiger charge is 2.47. The standard InChI is InChI=1S/C21H24N2O8S2/c24-18(25)17(22-30-11-15-7-3-1-4-8-15)13-32-33-14-21(19(26)27,20(28)29)23-31-12-16-9-5-2-6-10-16/h1-10,17,22-23H,11-14H2,(H,24,25)(H,26,27)(H,28,29)/t17-/m0/s1. The van der Waals surface area contributed by atoms with Crippen LogP contribution in [0.3, 0.4) is 0 Å². The maximum atomic E-state index is 11.7. The molecule has 0 aliphatic carbocycles. The number of hydrogen-bond donors (Lipinski definition) is 5. The van der Waals surface area contributed by atoms with Crippen molar-refractivity contribution in [1.82, 2.24) is 11.0 Å². The fourth-order valence-corrected chi connectivity index (χ4v) is 4.84. The zero-order chi connectivity index (χ0) is 24.1. The lowest BCUT2D eigenvalue weighted by molar-refractivity contribution is -0.167. The Kier molecular flexibility index (Phi) is 11.2. The van der Waals surface area contributed by atoms with E-state index in [1.165, 1.54) is 0 Å². The van der Waals surface area contributed by atoms with E-state index < -0.39 is 35.2 Å². The van der Waals surface area contributed by atoms with E-state index in [9.17, 15) is 29.7 Å². The lowest BCUT2D eigenvalue weighted by Gasteiger charge is -2.25. The molecule has 0 aliphatic rings. The van der Waals surface area contributed by atoms with Crippen molar-refractivity contribution in [3.63, 3.8) is 0 Å². The number of aliphatic carboxylic acids is 3. The number of rotatable bonds is 16. The van der Waals surface area contributed by atoms with Crippen LogP contribution in [0.15, 0.2) is 60.7 Å². The number of nitrogens with one attached hydrogen (secondary N) is 2. The van der Waals surface area contributed by atoms with Gasteiger partial charge in [-0.15, -0.1) is 0 Å². The molecule has 0 radical (unpaired) electrons. The van der Waals surface area contributed by atoms with Gasteiger partial charge in [-0.25, -0.2) is 9.59 Å². The Hall–Kier alpha value is -2.61. The first-order valence-electron chi connectivity index (χ1n) is 9.63. The number of carbonyl (C=O) groups is 3. The highest BCUT2D eigenvalue weighted by molar-refractivity contribution is 8.76. The van der Waals surface area contributed by atoms with Crippen molar-refractivity contribution in [2.45, 2.75) is 24.8 Å². The van der Waals surface area contributed by atoms with E-state index in [0.717, 1.165) is 32.7 Å². The van der Waals surface area contributed by atoms with Gasteiger partial charge in [0.2, 0.25) is 5.54 Å². The van der Waals surface area contributed by atoms with Crippen molar-refractivity contribution >= 4 is 39.5 Å². The zero-order valence-electron chi connectivity index (χ0n) is 17.4. The van der Waals surface area contributed by atoms with Crippen molar-refractivity contribution in [2.75, 3.05) is 11.5 Å². The molecule has 0 saturated heterocycles. The summed E-state index contributed by atoms with van der Waals surface area (Å²) in [7, 11) is 1.89. The highest BCUT2D eigenvalue weighted by atomic mass is 33.1. The molecule has 0 fully saturated rings. The van der Waals surface area contributed by atoms with Gasteiger partial charge in [-0.3, -0.25) is 14.5 Å². The van der Waals surface area contributed by atoms with E-state index in [-0.39, 0.29) is 19.0 Å². The quantitative estimate of drug-likeness (QED) is 0.100. The maximum Gasteiger partial charge on any atom is 0.338 e. The summed E-state index contributed by atoms with van der Waals surface area (Å²) in [5.74, 6) is -4.85. The first-order chi connectivity index (χ1) is 15.8. The minimum atomic E-state index is -2.41. The molecule has 0 aromatic heterocycles. The van der Waals surface area contributed by atoms with Gasteiger partial charge in [-0.1, -0.05) is 82.3 Å². The van der Waals surface area contributed by atoms with Crippen LogP contribution in [0.5, 0.6) is 0 Å². The summed E-state index contributed by atoms with van der Waals surface area (Å²) in [6.45, 7) is 0.122. The van der Waals surface area contributed by atoms with Gasteiger partial charge in [0.1, 0.15) is 6.04 Å². The van der Waals surface area contributed by atoms with Gasteiger partial charge in [0.15, 0.2) is 0 Å². The van der Waals surface area contributed by atoms with Gasteiger partial charge in [0, 0.05) is 11.5 Å². The number of hydrogen-bond acceptors (Lipinski definition) is 9. The maximum absolute atomic E-state index is 11.7. The van der Waals surface area contributed by atoms with Gasteiger partial charge in [-0.2, -0.15) is 11.0 Å². The molecule has 0 unspecified atom stereocenters. The van der Waals surface area contributed by atoms with Gasteiger partial charge in [0.25, 0.3) is 0 Å². The normalized spacial score (nSPS) is 12.2. The summed E-state index contributed by atoms with van der Waals surface area (Å²) in [5.41, 5.74) is 3.77. The van der Waals surface area contributed by atoms with Gasteiger partial charge >= 0.3 is 17.9 Å². The number of carboxylic acids is 3. The predicted octanol–water partition coefficient (Wildman–Crippen LogP) is 2.17. The van der Waals surface area contributed by atoms with Gasteiger partial charge < -0.3 is 15.3 Å². The SMILES string of the molecule is O=C(O)[C@H](CSSCC(NOCc1ccccc1)(C(=O)O)C(=O)O)NOCc1ccccc1. The molecule has 12 heteroatoms. The summed E-state index contributed by atoms with van der Waals surface area (Å²) in [6.07, 6.45) is 0. The third kappa shape index (κ3) is 8.68. The average molecular weight is 497 g/mol. The molecule has 1 atom stereocenters. The molecule has 33 heavy (non-hydrogen) atoms. The Morgan fingerprint density at radius 3 is 1.82 bits per heavy atom. The Labute approximate surface area is 198 Å². The smallest absolute Gasteiger partial charge is 0.338 e. The first kappa shape index (κ1) is 26.6. The topological polar surface area (TPSA) is 154 Å². The molecular formula is C21H24N2O8S2. The molecule has 2 aromatic rings. The molecule has 0 bridgehead atoms. The van der Waals surface area contributed by atoms with Crippen LogP contribution in [0.2, 0.25) is 0 Å². The molecule has 178 valence electrons. The number of benzene rings is 2. The van der Waals surface area contributed by atoms with Gasteiger partial charge in [-0.05, 0) is 11.1 Å². The Morgan fingerprint density at radius 2 is 1.33 bits per heavy atom. The van der Waals surface area contributed by atoms with E-state index in [4.69, 9.17) is 9.68 Å². The minimum Gasteiger partial charge on any atom is -0.480 e. The van der Waals surface area contributed by atoms with E-state index in [1.54, 1.807) is 30.3 Å². The second-order valence-corrected chi connectivity index (χ2v) is 9.23. The minimum absolute atomic E-state index is 0.00498. The molecule has 0 amide bonds. The Balaban J connectivity index is 1.84. The fourth-order valence-electron chi connectivity index (χ4n) is 2.35. The van der Waals surface area contributed by atoms with Crippen molar-refractivity contribution in [2.24, 2.45) is 0 Å². The monoisotopic (exact) mass is 496 g/mol. The van der Waals surface area contributed by atoms with Crippen molar-refractivity contribution < 1.29 is 39.4 Å². The molecule has 2 rings (SSSR count). The fraction of sp³-hybridized carbons (Fsp3) is 0.286. The van der Waals surface area contributed by atoms with E-state index >= 15 is 0 Å². The van der Waals surface area contributed by atoms with Crippen LogP contribution in [0.25, 0.3) is 0 Å². The summed E-state index contributed by atoms with van der Waals surface area (Å²) in [4.78, 5) is 45.3. The molecule has 0 heterocycles. The van der Waals surface area contributed by atoms with Gasteiger partial charge in [0.05, 0.1) is 13.2 Å². The predicted molar refractivity (Wildman–Crippen MR) is 123 cm³/mol. The van der Waals surface area contributed by atoms with E-state index in [2.05, 4.69) is 11.0 Å². The summed E-state index contributed by atoms with van der Waals surface area (Å²) < 4.78 is 0. The molecule has 5 N–H and O–H groups in total. The molecule has 0 spiro atoms. The summed E-state index contributed by atoms with van der Waals surface area (Å²) in [5, 5.41) is 28.4. The lowest BCUT2D eigenvalue weighted by Crippen LogP contribution is -2.60. The second kappa shape index (κ2) is 13.8. The third-order valence-corrected chi connectivity index (χ3v) is 6.71. The van der Waals surface area contributed by atoms with Crippen LogP contribution in [-0.2, 0) is 37.3 Å².